The second-order valence-electron chi connectivity index (χ2n) is 2.47. The number of hydrogen-bond acceptors (Lipinski definition) is 3. The molecule has 1 rings (SSSR count). The van der Waals surface area contributed by atoms with E-state index in [1.165, 1.54) is 0 Å². The standard InChI is InChI=1S/C7H10INO3/c8-4-1-5(9-2-4)7(12)6(11)3-10/h1-2,6-7,9-12H,3H2. The number of nitrogens with one attached hydrogen (secondary N) is 1. The third kappa shape index (κ3) is 2.19. The predicted molar refractivity (Wildman–Crippen MR) is 51.6 cm³/mol. The van der Waals surface area contributed by atoms with E-state index in [1.54, 1.807) is 12.3 Å². The average Bonchev–Trinajstić information content (AvgIpc) is 2.49. The van der Waals surface area contributed by atoms with Gasteiger partial charge in [-0.05, 0) is 28.7 Å². The molecule has 12 heavy (non-hydrogen) atoms. The number of aromatic amines is 1. The Morgan fingerprint density at radius 2 is 2.17 bits per heavy atom. The first-order valence-electron chi connectivity index (χ1n) is 3.46. The maximum atomic E-state index is 9.36. The largest absolute Gasteiger partial charge is 0.394 e. The lowest BCUT2D eigenvalue weighted by molar-refractivity contribution is -0.0170. The van der Waals surface area contributed by atoms with E-state index in [1.807, 2.05) is 0 Å². The monoisotopic (exact) mass is 283 g/mol. The third-order valence-electron chi connectivity index (χ3n) is 1.54. The van der Waals surface area contributed by atoms with Crippen molar-refractivity contribution in [2.75, 3.05) is 6.61 Å². The summed E-state index contributed by atoms with van der Waals surface area (Å²) < 4.78 is 0.951. The van der Waals surface area contributed by atoms with E-state index in [4.69, 9.17) is 10.2 Å². The molecule has 0 spiro atoms. The fourth-order valence-corrected chi connectivity index (χ4v) is 1.35. The Labute approximate surface area is 83.4 Å². The molecule has 68 valence electrons. The zero-order valence-corrected chi connectivity index (χ0v) is 8.39. The summed E-state index contributed by atoms with van der Waals surface area (Å²) >= 11 is 2.08. The highest BCUT2D eigenvalue weighted by Gasteiger charge is 2.18. The Hall–Kier alpha value is -0.110. The highest BCUT2D eigenvalue weighted by atomic mass is 127. The lowest BCUT2D eigenvalue weighted by Crippen LogP contribution is -2.22. The van der Waals surface area contributed by atoms with Crippen molar-refractivity contribution >= 4 is 22.6 Å². The molecule has 0 aromatic carbocycles. The van der Waals surface area contributed by atoms with E-state index >= 15 is 0 Å². The Bertz CT molecular complexity index is 251. The van der Waals surface area contributed by atoms with Crippen LogP contribution < -0.4 is 0 Å². The van der Waals surface area contributed by atoms with Crippen LogP contribution in [0.5, 0.6) is 0 Å². The lowest BCUT2D eigenvalue weighted by Gasteiger charge is -2.13. The molecule has 0 aliphatic heterocycles. The van der Waals surface area contributed by atoms with Crippen molar-refractivity contribution in [2.45, 2.75) is 12.2 Å². The maximum Gasteiger partial charge on any atom is 0.122 e. The van der Waals surface area contributed by atoms with E-state index in [0.29, 0.717) is 5.69 Å². The number of hydrogen-bond donors (Lipinski definition) is 4. The van der Waals surface area contributed by atoms with Crippen LogP contribution in [0.15, 0.2) is 12.3 Å². The highest BCUT2D eigenvalue weighted by Crippen LogP contribution is 2.17. The Balaban J connectivity index is 2.70. The molecule has 0 bridgehead atoms. The Morgan fingerprint density at radius 1 is 1.50 bits per heavy atom. The first kappa shape index (κ1) is 9.97. The van der Waals surface area contributed by atoms with Crippen LogP contribution in [0.25, 0.3) is 0 Å². The van der Waals surface area contributed by atoms with Crippen LogP contribution in [0.1, 0.15) is 11.8 Å². The molecule has 0 saturated heterocycles. The van der Waals surface area contributed by atoms with E-state index in [2.05, 4.69) is 27.6 Å². The van der Waals surface area contributed by atoms with Crippen LogP contribution in [0.2, 0.25) is 0 Å². The molecular formula is C7H10INO3. The normalized spacial score (nSPS) is 16.0. The lowest BCUT2D eigenvalue weighted by atomic mass is 10.1. The van der Waals surface area contributed by atoms with Gasteiger partial charge in [0.1, 0.15) is 12.2 Å². The van der Waals surface area contributed by atoms with Gasteiger partial charge in [0.05, 0.1) is 6.61 Å². The van der Waals surface area contributed by atoms with Crippen molar-refractivity contribution in [3.05, 3.63) is 21.5 Å². The summed E-state index contributed by atoms with van der Waals surface area (Å²) in [6, 6.07) is 1.71. The number of H-pyrrole nitrogens is 1. The minimum absolute atomic E-state index is 0.448. The van der Waals surface area contributed by atoms with Gasteiger partial charge in [0.2, 0.25) is 0 Å². The van der Waals surface area contributed by atoms with E-state index in [-0.39, 0.29) is 0 Å². The van der Waals surface area contributed by atoms with Gasteiger partial charge >= 0.3 is 0 Å². The maximum absolute atomic E-state index is 9.36. The summed E-state index contributed by atoms with van der Waals surface area (Å²) in [4.78, 5) is 2.79. The molecule has 0 fully saturated rings. The van der Waals surface area contributed by atoms with Gasteiger partial charge in [-0.3, -0.25) is 0 Å². The smallest absolute Gasteiger partial charge is 0.122 e. The quantitative estimate of drug-likeness (QED) is 0.590. The van der Waals surface area contributed by atoms with Crippen molar-refractivity contribution in [2.24, 2.45) is 0 Å². The molecule has 4 nitrogen and oxygen atoms in total. The Morgan fingerprint density at radius 3 is 2.58 bits per heavy atom. The second kappa shape index (κ2) is 4.22. The van der Waals surface area contributed by atoms with Gasteiger partial charge < -0.3 is 20.3 Å². The van der Waals surface area contributed by atoms with Crippen LogP contribution in [0.3, 0.4) is 0 Å². The van der Waals surface area contributed by atoms with Crippen LogP contribution in [0.4, 0.5) is 0 Å². The number of halogens is 1. The molecule has 2 atom stereocenters. The van der Waals surface area contributed by atoms with Crippen LogP contribution in [0, 0.1) is 3.57 Å². The summed E-state index contributed by atoms with van der Waals surface area (Å²) in [5.74, 6) is 0. The molecule has 0 radical (unpaired) electrons. The zero-order valence-electron chi connectivity index (χ0n) is 6.24. The first-order chi connectivity index (χ1) is 5.65. The number of rotatable bonds is 3. The Kier molecular flexibility index (Phi) is 3.51. The fraction of sp³-hybridized carbons (Fsp3) is 0.429. The first-order valence-corrected chi connectivity index (χ1v) is 4.54. The van der Waals surface area contributed by atoms with Gasteiger partial charge in [0.25, 0.3) is 0 Å². The van der Waals surface area contributed by atoms with Crippen molar-refractivity contribution in [1.82, 2.24) is 4.98 Å². The number of aliphatic hydroxyl groups is 3. The van der Waals surface area contributed by atoms with Gasteiger partial charge in [0, 0.05) is 15.5 Å². The minimum Gasteiger partial charge on any atom is -0.394 e. The topological polar surface area (TPSA) is 76.5 Å². The van der Waals surface area contributed by atoms with E-state index in [9.17, 15) is 5.11 Å². The van der Waals surface area contributed by atoms with Crippen molar-refractivity contribution in [1.29, 1.82) is 0 Å². The molecule has 0 saturated carbocycles. The van der Waals surface area contributed by atoms with Crippen molar-refractivity contribution in [3.63, 3.8) is 0 Å². The molecule has 0 amide bonds. The minimum atomic E-state index is -1.13. The molecule has 0 aliphatic carbocycles. The van der Waals surface area contributed by atoms with E-state index in [0.717, 1.165) is 3.57 Å². The van der Waals surface area contributed by atoms with Crippen LogP contribution >= 0.6 is 22.6 Å². The summed E-state index contributed by atoms with van der Waals surface area (Å²) in [6.07, 6.45) is -0.457. The molecule has 1 aromatic heterocycles. The van der Waals surface area contributed by atoms with Gasteiger partial charge in [-0.15, -0.1) is 0 Å². The van der Waals surface area contributed by atoms with Crippen molar-refractivity contribution in [3.8, 4) is 0 Å². The molecule has 5 heteroatoms. The number of aromatic nitrogens is 1. The van der Waals surface area contributed by atoms with Gasteiger partial charge in [-0.25, -0.2) is 0 Å². The number of aliphatic hydroxyl groups excluding tert-OH is 3. The second-order valence-corrected chi connectivity index (χ2v) is 3.71. The highest BCUT2D eigenvalue weighted by molar-refractivity contribution is 14.1. The summed E-state index contributed by atoms with van der Waals surface area (Å²) in [6.45, 7) is -0.448. The van der Waals surface area contributed by atoms with Crippen LogP contribution in [-0.4, -0.2) is 33.0 Å². The third-order valence-corrected chi connectivity index (χ3v) is 2.16. The van der Waals surface area contributed by atoms with Gasteiger partial charge in [0.15, 0.2) is 0 Å². The molecule has 0 aliphatic rings. The molecule has 4 N–H and O–H groups in total. The van der Waals surface area contributed by atoms with Gasteiger partial charge in [-0.2, -0.15) is 0 Å². The summed E-state index contributed by atoms with van der Waals surface area (Å²) in [5, 5.41) is 27.0. The van der Waals surface area contributed by atoms with Crippen LogP contribution in [-0.2, 0) is 0 Å². The summed E-state index contributed by atoms with van der Waals surface area (Å²) in [5.41, 5.74) is 0.515. The SMILES string of the molecule is OCC(O)C(O)c1cc(I)c[nH]1. The molecule has 1 aromatic rings. The van der Waals surface area contributed by atoms with E-state index < -0.39 is 18.8 Å². The molecule has 1 heterocycles. The molecular weight excluding hydrogens is 273 g/mol. The predicted octanol–water partition coefficient (Wildman–Crippen LogP) is 0.00590. The average molecular weight is 283 g/mol. The molecule has 2 unspecified atom stereocenters. The summed E-state index contributed by atoms with van der Waals surface area (Å²) in [7, 11) is 0. The van der Waals surface area contributed by atoms with Crippen molar-refractivity contribution < 1.29 is 15.3 Å². The fourth-order valence-electron chi connectivity index (χ4n) is 0.862. The zero-order chi connectivity index (χ0) is 9.14. The van der Waals surface area contributed by atoms with Gasteiger partial charge in [-0.1, -0.05) is 0 Å².